The number of nitrogens with two attached hydrogens (primary N) is 1. The van der Waals surface area contributed by atoms with Gasteiger partial charge in [-0.15, -0.1) is 0 Å². The SMILES string of the molecule is Cc1ccc(OCC(=O)OCC(=O)NCCc2ccc(S(N)(=O)=O)cc2)cc1C. The predicted molar refractivity (Wildman–Crippen MR) is 107 cm³/mol. The second-order valence-electron chi connectivity index (χ2n) is 6.48. The van der Waals surface area contributed by atoms with Crippen LogP contribution in [0.25, 0.3) is 0 Å². The minimum Gasteiger partial charge on any atom is -0.482 e. The molecule has 0 saturated carbocycles. The highest BCUT2D eigenvalue weighted by Gasteiger charge is 2.10. The molecule has 29 heavy (non-hydrogen) atoms. The van der Waals surface area contributed by atoms with E-state index in [0.29, 0.717) is 18.7 Å². The Bertz CT molecular complexity index is 971. The van der Waals surface area contributed by atoms with Gasteiger partial charge in [0.05, 0.1) is 4.90 Å². The lowest BCUT2D eigenvalue weighted by atomic mass is 10.1. The number of nitrogens with one attached hydrogen (secondary N) is 1. The topological polar surface area (TPSA) is 125 Å². The van der Waals surface area contributed by atoms with Crippen LogP contribution in [0.15, 0.2) is 47.4 Å². The number of carbonyl (C=O) groups excluding carboxylic acids is 2. The number of rotatable bonds is 9. The fourth-order valence-electron chi connectivity index (χ4n) is 2.38. The van der Waals surface area contributed by atoms with Crippen LogP contribution in [0, 0.1) is 13.8 Å². The van der Waals surface area contributed by atoms with Crippen molar-refractivity contribution < 1.29 is 27.5 Å². The molecule has 0 aliphatic carbocycles. The minimum atomic E-state index is -3.72. The van der Waals surface area contributed by atoms with Crippen molar-refractivity contribution in [3.63, 3.8) is 0 Å². The fraction of sp³-hybridized carbons (Fsp3) is 0.300. The first-order valence-corrected chi connectivity index (χ1v) is 10.4. The molecule has 2 aromatic carbocycles. The number of carbonyl (C=O) groups is 2. The van der Waals surface area contributed by atoms with E-state index in [2.05, 4.69) is 5.32 Å². The van der Waals surface area contributed by atoms with Crippen LogP contribution in [0.5, 0.6) is 5.75 Å². The van der Waals surface area contributed by atoms with Crippen LogP contribution >= 0.6 is 0 Å². The number of hydrogen-bond donors (Lipinski definition) is 2. The van der Waals surface area contributed by atoms with E-state index in [1.54, 1.807) is 18.2 Å². The smallest absolute Gasteiger partial charge is 0.344 e. The highest BCUT2D eigenvalue weighted by Crippen LogP contribution is 2.16. The molecule has 0 unspecified atom stereocenters. The number of primary sulfonamides is 1. The average Bonchev–Trinajstić information content (AvgIpc) is 2.67. The molecule has 0 bridgehead atoms. The summed E-state index contributed by atoms with van der Waals surface area (Å²) < 4.78 is 32.6. The van der Waals surface area contributed by atoms with Gasteiger partial charge in [-0.1, -0.05) is 18.2 Å². The summed E-state index contributed by atoms with van der Waals surface area (Å²) in [5, 5.41) is 7.66. The Morgan fingerprint density at radius 1 is 1.00 bits per heavy atom. The molecule has 8 nitrogen and oxygen atoms in total. The maximum Gasteiger partial charge on any atom is 0.344 e. The number of hydrogen-bond acceptors (Lipinski definition) is 6. The third kappa shape index (κ3) is 7.55. The maximum absolute atomic E-state index is 11.8. The Kier molecular flexibility index (Phi) is 7.74. The molecule has 156 valence electrons. The number of amides is 1. The van der Waals surface area contributed by atoms with E-state index in [9.17, 15) is 18.0 Å². The summed E-state index contributed by atoms with van der Waals surface area (Å²) in [7, 11) is -3.72. The Labute approximate surface area is 170 Å². The van der Waals surface area contributed by atoms with Gasteiger partial charge in [-0.05, 0) is 61.2 Å². The van der Waals surface area contributed by atoms with Crippen molar-refractivity contribution in [1.29, 1.82) is 0 Å². The van der Waals surface area contributed by atoms with Gasteiger partial charge in [-0.25, -0.2) is 18.4 Å². The second-order valence-corrected chi connectivity index (χ2v) is 8.05. The summed E-state index contributed by atoms with van der Waals surface area (Å²) >= 11 is 0. The molecule has 1 amide bonds. The van der Waals surface area contributed by atoms with Crippen LogP contribution in [0.1, 0.15) is 16.7 Å². The summed E-state index contributed by atoms with van der Waals surface area (Å²) in [5.41, 5.74) is 3.00. The predicted octanol–water partition coefficient (Wildman–Crippen LogP) is 1.23. The Morgan fingerprint density at radius 2 is 1.69 bits per heavy atom. The van der Waals surface area contributed by atoms with Crippen molar-refractivity contribution in [1.82, 2.24) is 5.32 Å². The highest BCUT2D eigenvalue weighted by atomic mass is 32.2. The molecule has 0 heterocycles. The van der Waals surface area contributed by atoms with E-state index in [1.165, 1.54) is 12.1 Å². The van der Waals surface area contributed by atoms with E-state index >= 15 is 0 Å². The zero-order valence-corrected chi connectivity index (χ0v) is 17.1. The van der Waals surface area contributed by atoms with E-state index in [0.717, 1.165) is 16.7 Å². The maximum atomic E-state index is 11.8. The summed E-state index contributed by atoms with van der Waals surface area (Å²) in [6.07, 6.45) is 0.487. The summed E-state index contributed by atoms with van der Waals surface area (Å²) in [4.78, 5) is 23.5. The molecule has 3 N–H and O–H groups in total. The largest absolute Gasteiger partial charge is 0.482 e. The van der Waals surface area contributed by atoms with Crippen molar-refractivity contribution in [3.05, 3.63) is 59.2 Å². The van der Waals surface area contributed by atoms with E-state index in [1.807, 2.05) is 26.0 Å². The third-order valence-electron chi connectivity index (χ3n) is 4.19. The molecule has 0 spiro atoms. The van der Waals surface area contributed by atoms with E-state index in [4.69, 9.17) is 14.6 Å². The molecule has 0 aromatic heterocycles. The second kappa shape index (κ2) is 10.0. The lowest BCUT2D eigenvalue weighted by molar-refractivity contribution is -0.150. The molecule has 0 fully saturated rings. The van der Waals surface area contributed by atoms with Crippen LogP contribution in [0.4, 0.5) is 0 Å². The first-order chi connectivity index (χ1) is 13.6. The van der Waals surface area contributed by atoms with Gasteiger partial charge in [0.25, 0.3) is 5.91 Å². The van der Waals surface area contributed by atoms with Crippen LogP contribution in [-0.4, -0.2) is 40.1 Å². The normalized spacial score (nSPS) is 11.0. The minimum absolute atomic E-state index is 0.0280. The van der Waals surface area contributed by atoms with Gasteiger partial charge in [-0.3, -0.25) is 4.79 Å². The van der Waals surface area contributed by atoms with Gasteiger partial charge >= 0.3 is 5.97 Å². The van der Waals surface area contributed by atoms with Gasteiger partial charge in [-0.2, -0.15) is 0 Å². The zero-order valence-electron chi connectivity index (χ0n) is 16.3. The Balaban J connectivity index is 1.66. The van der Waals surface area contributed by atoms with Crippen molar-refractivity contribution >= 4 is 21.9 Å². The van der Waals surface area contributed by atoms with Crippen LogP contribution < -0.4 is 15.2 Å². The molecule has 0 aliphatic rings. The van der Waals surface area contributed by atoms with Crippen LogP contribution in [-0.2, 0) is 30.8 Å². The number of benzene rings is 2. The Morgan fingerprint density at radius 3 is 2.31 bits per heavy atom. The lowest BCUT2D eigenvalue weighted by Crippen LogP contribution is -2.31. The van der Waals surface area contributed by atoms with Crippen LogP contribution in [0.3, 0.4) is 0 Å². The molecule has 0 radical (unpaired) electrons. The third-order valence-corrected chi connectivity index (χ3v) is 5.12. The first-order valence-electron chi connectivity index (χ1n) is 8.89. The zero-order chi connectivity index (χ0) is 21.4. The molecular formula is C20H24N2O6S. The first kappa shape index (κ1) is 22.4. The van der Waals surface area contributed by atoms with Crippen molar-refractivity contribution in [2.24, 2.45) is 5.14 Å². The summed E-state index contributed by atoms with van der Waals surface area (Å²) in [5.74, 6) is -0.523. The monoisotopic (exact) mass is 420 g/mol. The van der Waals surface area contributed by atoms with Crippen molar-refractivity contribution in [2.45, 2.75) is 25.2 Å². The fourth-order valence-corrected chi connectivity index (χ4v) is 2.89. The van der Waals surface area contributed by atoms with Gasteiger partial charge in [0.1, 0.15) is 5.75 Å². The molecule has 0 aliphatic heterocycles. The van der Waals surface area contributed by atoms with Gasteiger partial charge in [0.2, 0.25) is 10.0 Å². The highest BCUT2D eigenvalue weighted by molar-refractivity contribution is 7.89. The average molecular weight is 420 g/mol. The molecular weight excluding hydrogens is 396 g/mol. The number of ether oxygens (including phenoxy) is 2. The number of aryl methyl sites for hydroxylation is 2. The van der Waals surface area contributed by atoms with E-state index < -0.39 is 28.5 Å². The summed E-state index contributed by atoms with van der Waals surface area (Å²) in [6, 6.07) is 11.5. The standard InChI is InChI=1S/C20H24N2O6S/c1-14-3-6-17(11-15(14)2)27-13-20(24)28-12-19(23)22-10-9-16-4-7-18(8-5-16)29(21,25)26/h3-8,11H,9-10,12-13H2,1-2H3,(H,22,23)(H2,21,25,26). The molecule has 2 rings (SSSR count). The number of esters is 1. The molecule has 0 atom stereocenters. The molecule has 2 aromatic rings. The van der Waals surface area contributed by atoms with Crippen LogP contribution in [0.2, 0.25) is 0 Å². The Hall–Kier alpha value is -2.91. The number of sulfonamides is 1. The lowest BCUT2D eigenvalue weighted by Gasteiger charge is -2.09. The molecule has 9 heteroatoms. The van der Waals surface area contributed by atoms with Gasteiger partial charge < -0.3 is 14.8 Å². The van der Waals surface area contributed by atoms with Crippen molar-refractivity contribution in [2.75, 3.05) is 19.8 Å². The van der Waals surface area contributed by atoms with Gasteiger partial charge in [0, 0.05) is 6.54 Å². The quantitative estimate of drug-likeness (QED) is 0.588. The van der Waals surface area contributed by atoms with Gasteiger partial charge in [0.15, 0.2) is 13.2 Å². The summed E-state index contributed by atoms with van der Waals surface area (Å²) in [6.45, 7) is 3.54. The molecule has 0 saturated heterocycles. The van der Waals surface area contributed by atoms with E-state index in [-0.39, 0.29) is 11.5 Å². The van der Waals surface area contributed by atoms with Crippen molar-refractivity contribution in [3.8, 4) is 5.75 Å².